The van der Waals surface area contributed by atoms with Crippen LogP contribution in [0.1, 0.15) is 42.2 Å². The van der Waals surface area contributed by atoms with E-state index in [4.69, 9.17) is 0 Å². The Morgan fingerprint density at radius 1 is 1.48 bits per heavy atom. The molecule has 2 rings (SSSR count). The van der Waals surface area contributed by atoms with Crippen molar-refractivity contribution in [3.63, 3.8) is 0 Å². The fourth-order valence-corrected chi connectivity index (χ4v) is 3.79. The van der Waals surface area contributed by atoms with Gasteiger partial charge in [0, 0.05) is 37.1 Å². The lowest BCUT2D eigenvalue weighted by Crippen LogP contribution is -2.43. The Morgan fingerprint density at radius 3 is 2.96 bits per heavy atom. The first kappa shape index (κ1) is 17.9. The van der Waals surface area contributed by atoms with Crippen molar-refractivity contribution < 1.29 is 13.2 Å². The Bertz CT molecular complexity index is 646. The average Bonchev–Trinajstić information content (AvgIpc) is 2.53. The van der Waals surface area contributed by atoms with Gasteiger partial charge in [-0.05, 0) is 37.3 Å². The first-order chi connectivity index (χ1) is 10.9. The van der Waals surface area contributed by atoms with E-state index >= 15 is 0 Å². The Balaban J connectivity index is 1.90. The van der Waals surface area contributed by atoms with Crippen molar-refractivity contribution in [2.45, 2.75) is 32.6 Å². The van der Waals surface area contributed by atoms with E-state index in [0.29, 0.717) is 25.2 Å². The van der Waals surface area contributed by atoms with Gasteiger partial charge in [0.2, 0.25) is 10.0 Å². The van der Waals surface area contributed by atoms with E-state index < -0.39 is 10.0 Å². The third-order valence-corrected chi connectivity index (χ3v) is 5.36. The SMILES string of the molecule is CCCc1cc(C(=O)NCC2CCCN(S(C)(=O)=O)C2)ccn1. The molecule has 0 aromatic carbocycles. The molecule has 1 atom stereocenters. The molecule has 6 nitrogen and oxygen atoms in total. The van der Waals surface area contributed by atoms with E-state index in [1.54, 1.807) is 12.3 Å². The summed E-state index contributed by atoms with van der Waals surface area (Å²) in [5, 5.41) is 2.92. The zero-order valence-corrected chi connectivity index (χ0v) is 14.6. The standard InChI is InChI=1S/C16H25N3O3S/c1-3-5-15-10-14(7-8-17-15)16(20)18-11-13-6-4-9-19(12-13)23(2,21)22/h7-8,10,13H,3-6,9,11-12H2,1-2H3,(H,18,20). The van der Waals surface area contributed by atoms with Gasteiger partial charge < -0.3 is 5.32 Å². The van der Waals surface area contributed by atoms with Gasteiger partial charge in [0.25, 0.3) is 5.91 Å². The minimum absolute atomic E-state index is 0.124. The molecule has 0 spiro atoms. The van der Waals surface area contributed by atoms with Gasteiger partial charge >= 0.3 is 0 Å². The highest BCUT2D eigenvalue weighted by atomic mass is 32.2. The largest absolute Gasteiger partial charge is 0.352 e. The van der Waals surface area contributed by atoms with Crippen LogP contribution in [0, 0.1) is 5.92 Å². The number of hydrogen-bond acceptors (Lipinski definition) is 4. The molecule has 0 bridgehead atoms. The fourth-order valence-electron chi connectivity index (χ4n) is 2.85. The van der Waals surface area contributed by atoms with Gasteiger partial charge in [0.15, 0.2) is 0 Å². The lowest BCUT2D eigenvalue weighted by Gasteiger charge is -2.30. The van der Waals surface area contributed by atoms with Gasteiger partial charge in [0.1, 0.15) is 0 Å². The lowest BCUT2D eigenvalue weighted by molar-refractivity contribution is 0.0941. The molecular weight excluding hydrogens is 314 g/mol. The normalized spacial score (nSPS) is 19.5. The molecule has 1 unspecified atom stereocenters. The van der Waals surface area contributed by atoms with Crippen molar-refractivity contribution in [1.82, 2.24) is 14.6 Å². The second kappa shape index (κ2) is 7.88. The van der Waals surface area contributed by atoms with Crippen LogP contribution in [0.3, 0.4) is 0 Å². The van der Waals surface area contributed by atoms with Gasteiger partial charge in [-0.1, -0.05) is 13.3 Å². The van der Waals surface area contributed by atoms with E-state index in [9.17, 15) is 13.2 Å². The quantitative estimate of drug-likeness (QED) is 0.850. The summed E-state index contributed by atoms with van der Waals surface area (Å²) in [6.45, 7) is 3.63. The maximum absolute atomic E-state index is 12.3. The maximum Gasteiger partial charge on any atom is 0.251 e. The zero-order valence-electron chi connectivity index (χ0n) is 13.8. The molecule has 1 aromatic heterocycles. The number of nitrogens with zero attached hydrogens (tertiary/aromatic N) is 2. The Labute approximate surface area is 138 Å². The summed E-state index contributed by atoms with van der Waals surface area (Å²) in [4.78, 5) is 16.5. The van der Waals surface area contributed by atoms with Crippen LogP contribution in [-0.2, 0) is 16.4 Å². The molecule has 1 fully saturated rings. The number of amides is 1. The smallest absolute Gasteiger partial charge is 0.251 e. The molecule has 1 N–H and O–H groups in total. The van der Waals surface area contributed by atoms with Gasteiger partial charge in [-0.25, -0.2) is 12.7 Å². The van der Waals surface area contributed by atoms with E-state index in [1.807, 2.05) is 6.07 Å². The number of carbonyl (C=O) groups is 1. The molecule has 1 aromatic rings. The second-order valence-corrected chi connectivity index (χ2v) is 8.11. The topological polar surface area (TPSA) is 79.4 Å². The molecule has 1 aliphatic rings. The van der Waals surface area contributed by atoms with Crippen LogP contribution < -0.4 is 5.32 Å². The van der Waals surface area contributed by atoms with Gasteiger partial charge in [0.05, 0.1) is 6.26 Å². The highest BCUT2D eigenvalue weighted by Crippen LogP contribution is 2.18. The van der Waals surface area contributed by atoms with Gasteiger partial charge in [-0.2, -0.15) is 0 Å². The number of piperidine rings is 1. The van der Waals surface area contributed by atoms with Crippen LogP contribution in [0.25, 0.3) is 0 Å². The molecule has 0 saturated carbocycles. The van der Waals surface area contributed by atoms with E-state index in [0.717, 1.165) is 31.4 Å². The molecule has 1 aliphatic heterocycles. The summed E-state index contributed by atoms with van der Waals surface area (Å²) >= 11 is 0. The molecule has 23 heavy (non-hydrogen) atoms. The Kier molecular flexibility index (Phi) is 6.12. The Hall–Kier alpha value is -1.47. The first-order valence-electron chi connectivity index (χ1n) is 8.08. The zero-order chi connectivity index (χ0) is 16.9. The number of aromatic nitrogens is 1. The van der Waals surface area contributed by atoms with Crippen LogP contribution >= 0.6 is 0 Å². The molecule has 1 amide bonds. The average molecular weight is 339 g/mol. The van der Waals surface area contributed by atoms with Crippen LogP contribution in [0.4, 0.5) is 0 Å². The van der Waals surface area contributed by atoms with Crippen LogP contribution in [0.5, 0.6) is 0 Å². The summed E-state index contributed by atoms with van der Waals surface area (Å²) in [6.07, 6.45) is 6.51. The van der Waals surface area contributed by atoms with E-state index in [2.05, 4.69) is 17.2 Å². The Morgan fingerprint density at radius 2 is 2.26 bits per heavy atom. The van der Waals surface area contributed by atoms with Crippen LogP contribution in [0.2, 0.25) is 0 Å². The lowest BCUT2D eigenvalue weighted by atomic mass is 9.99. The molecule has 0 aliphatic carbocycles. The summed E-state index contributed by atoms with van der Waals surface area (Å²) in [7, 11) is -3.15. The van der Waals surface area contributed by atoms with Crippen molar-refractivity contribution in [2.75, 3.05) is 25.9 Å². The summed E-state index contributed by atoms with van der Waals surface area (Å²) in [5.74, 6) is 0.0422. The van der Waals surface area contributed by atoms with Crippen molar-refractivity contribution in [3.8, 4) is 0 Å². The molecular formula is C16H25N3O3S. The number of pyridine rings is 1. The number of sulfonamides is 1. The second-order valence-electron chi connectivity index (χ2n) is 6.13. The summed E-state index contributed by atoms with van der Waals surface area (Å²) < 4.78 is 24.7. The summed E-state index contributed by atoms with van der Waals surface area (Å²) in [6, 6.07) is 3.53. The van der Waals surface area contributed by atoms with Crippen LogP contribution in [-0.4, -0.2) is 49.5 Å². The minimum Gasteiger partial charge on any atom is -0.352 e. The molecule has 7 heteroatoms. The van der Waals surface area contributed by atoms with E-state index in [1.165, 1.54) is 10.6 Å². The van der Waals surface area contributed by atoms with Crippen molar-refractivity contribution >= 4 is 15.9 Å². The predicted molar refractivity (Wildman–Crippen MR) is 89.7 cm³/mol. The third-order valence-electron chi connectivity index (χ3n) is 4.09. The number of hydrogen-bond donors (Lipinski definition) is 1. The molecule has 128 valence electrons. The van der Waals surface area contributed by atoms with Crippen LogP contribution in [0.15, 0.2) is 18.3 Å². The van der Waals surface area contributed by atoms with Crippen molar-refractivity contribution in [2.24, 2.45) is 5.92 Å². The molecule has 1 saturated heterocycles. The number of rotatable bonds is 6. The number of carbonyl (C=O) groups excluding carboxylic acids is 1. The number of nitrogens with one attached hydrogen (secondary N) is 1. The third kappa shape index (κ3) is 5.28. The van der Waals surface area contributed by atoms with Gasteiger partial charge in [-0.3, -0.25) is 9.78 Å². The number of aryl methyl sites for hydroxylation is 1. The molecule has 2 heterocycles. The predicted octanol–water partition coefficient (Wildman–Crippen LogP) is 1.44. The highest BCUT2D eigenvalue weighted by molar-refractivity contribution is 7.88. The fraction of sp³-hybridized carbons (Fsp3) is 0.625. The monoisotopic (exact) mass is 339 g/mol. The van der Waals surface area contributed by atoms with E-state index in [-0.39, 0.29) is 11.8 Å². The minimum atomic E-state index is -3.15. The van der Waals surface area contributed by atoms with Gasteiger partial charge in [-0.15, -0.1) is 0 Å². The van der Waals surface area contributed by atoms with Crippen molar-refractivity contribution in [3.05, 3.63) is 29.6 Å². The summed E-state index contributed by atoms with van der Waals surface area (Å²) in [5.41, 5.74) is 1.53. The van der Waals surface area contributed by atoms with Crippen molar-refractivity contribution in [1.29, 1.82) is 0 Å². The molecule has 0 radical (unpaired) electrons. The maximum atomic E-state index is 12.3. The highest BCUT2D eigenvalue weighted by Gasteiger charge is 2.26. The first-order valence-corrected chi connectivity index (χ1v) is 9.93.